The summed E-state index contributed by atoms with van der Waals surface area (Å²) in [5, 5.41) is 14.2. The van der Waals surface area contributed by atoms with E-state index >= 15 is 0 Å². The van der Waals surface area contributed by atoms with Crippen molar-refractivity contribution in [1.82, 2.24) is 0 Å². The fourth-order valence-electron chi connectivity index (χ4n) is 1.43. The molecular formula is C11H26N4OP+. The maximum absolute atomic E-state index is 7.10. The zero-order valence-corrected chi connectivity index (χ0v) is 12.3. The second-order valence-corrected chi connectivity index (χ2v) is 8.29. The van der Waals surface area contributed by atoms with Crippen molar-refractivity contribution >= 4 is 7.26 Å². The van der Waals surface area contributed by atoms with Crippen LogP contribution in [0, 0.1) is 22.9 Å². The van der Waals surface area contributed by atoms with E-state index in [9.17, 15) is 0 Å². The fourth-order valence-corrected chi connectivity index (χ4v) is 4.29. The summed E-state index contributed by atoms with van der Waals surface area (Å²) in [6, 6.07) is 0. The average molecular weight is 261 g/mol. The average Bonchev–Trinajstić information content (AvgIpc) is 2.34. The molecule has 0 aliphatic heterocycles. The molecule has 0 heterocycles. The molecular weight excluding hydrogens is 235 g/mol. The molecule has 0 aliphatic carbocycles. The van der Waals surface area contributed by atoms with Gasteiger partial charge in [0.15, 0.2) is 12.4 Å². The predicted octanol–water partition coefficient (Wildman–Crippen LogP) is 1.56. The lowest BCUT2D eigenvalue weighted by atomic mass is 10.8. The number of nitriles is 2. The number of hydrogen-bond donors (Lipinski definition) is 2. The third-order valence-electron chi connectivity index (χ3n) is 2.78. The van der Waals surface area contributed by atoms with E-state index in [2.05, 4.69) is 32.2 Å². The van der Waals surface area contributed by atoms with E-state index in [1.807, 2.05) is 0 Å². The highest BCUT2D eigenvalue weighted by atomic mass is 31.2. The van der Waals surface area contributed by atoms with Gasteiger partial charge in [-0.3, -0.25) is 0 Å². The van der Waals surface area contributed by atoms with E-state index < -0.39 is 7.26 Å². The van der Waals surface area contributed by atoms with Gasteiger partial charge in [0.2, 0.25) is 0 Å². The summed E-state index contributed by atoms with van der Waals surface area (Å²) in [5.41, 5.74) is 8.31. The minimum Gasteiger partial charge on any atom is -0.381 e. The van der Waals surface area contributed by atoms with Gasteiger partial charge in [0.1, 0.15) is 0 Å². The third kappa shape index (κ3) is 15.0. The second-order valence-electron chi connectivity index (χ2n) is 3.26. The minimum absolute atomic E-state index is 0.580. The first-order valence-corrected chi connectivity index (χ1v) is 8.14. The van der Waals surface area contributed by atoms with Gasteiger partial charge in [-0.25, -0.2) is 0 Å². The molecule has 0 saturated carbocycles. The topological polar surface area (TPSA) is 109 Å². The largest absolute Gasteiger partial charge is 0.381 e. The number of hydrogen-bond acceptors (Lipinski definition) is 5. The molecule has 6 heteroatoms. The molecule has 0 spiro atoms. The lowest BCUT2D eigenvalue weighted by Crippen LogP contribution is -2.11. The van der Waals surface area contributed by atoms with Crippen molar-refractivity contribution in [3.05, 3.63) is 0 Å². The Kier molecular flexibility index (Phi) is 21.7. The SMILES string of the molecule is CC[P+](CC)(CC)CCOC.N#CN.N#CN. The van der Waals surface area contributed by atoms with Crippen LogP contribution in [0.25, 0.3) is 0 Å². The number of ether oxygens (including phenoxy) is 1. The molecule has 0 radical (unpaired) electrons. The molecule has 0 aromatic rings. The van der Waals surface area contributed by atoms with Gasteiger partial charge in [0.25, 0.3) is 0 Å². The summed E-state index contributed by atoms with van der Waals surface area (Å²) in [6.07, 6.45) is 8.00. The molecule has 17 heavy (non-hydrogen) atoms. The quantitative estimate of drug-likeness (QED) is 0.428. The zero-order valence-electron chi connectivity index (χ0n) is 11.4. The Balaban J connectivity index is -0.000000273. The van der Waals surface area contributed by atoms with Crippen LogP contribution in [-0.2, 0) is 4.74 Å². The lowest BCUT2D eigenvalue weighted by molar-refractivity contribution is 0.217. The van der Waals surface area contributed by atoms with Crippen molar-refractivity contribution in [2.45, 2.75) is 20.8 Å². The molecule has 0 amide bonds. The van der Waals surface area contributed by atoms with Crippen molar-refractivity contribution in [2.75, 3.05) is 38.4 Å². The van der Waals surface area contributed by atoms with Crippen LogP contribution in [0.1, 0.15) is 20.8 Å². The van der Waals surface area contributed by atoms with Gasteiger partial charge in [-0.2, -0.15) is 10.5 Å². The van der Waals surface area contributed by atoms with Crippen molar-refractivity contribution < 1.29 is 4.74 Å². The zero-order chi connectivity index (χ0) is 14.2. The Hall–Kier alpha value is -1.03. The van der Waals surface area contributed by atoms with E-state index in [1.165, 1.54) is 37.0 Å². The Bertz CT molecular complexity index is 198. The van der Waals surface area contributed by atoms with Gasteiger partial charge in [-0.05, 0) is 20.8 Å². The Labute approximate surface area is 106 Å². The molecule has 100 valence electrons. The molecule has 0 unspecified atom stereocenters. The molecule has 0 saturated heterocycles. The van der Waals surface area contributed by atoms with E-state index in [4.69, 9.17) is 15.3 Å². The summed E-state index contributed by atoms with van der Waals surface area (Å²) in [6.45, 7) is 7.95. The van der Waals surface area contributed by atoms with E-state index in [-0.39, 0.29) is 0 Å². The monoisotopic (exact) mass is 261 g/mol. The predicted molar refractivity (Wildman–Crippen MR) is 74.9 cm³/mol. The number of rotatable bonds is 6. The minimum atomic E-state index is -0.580. The molecule has 0 aliphatic rings. The first-order valence-electron chi connectivity index (χ1n) is 5.61. The van der Waals surface area contributed by atoms with Crippen molar-refractivity contribution in [2.24, 2.45) is 11.5 Å². The fraction of sp³-hybridized carbons (Fsp3) is 0.818. The van der Waals surface area contributed by atoms with Crippen LogP contribution in [-0.4, -0.2) is 38.4 Å². The van der Waals surface area contributed by atoms with E-state index in [0.717, 1.165) is 6.61 Å². The van der Waals surface area contributed by atoms with Crippen LogP contribution in [0.15, 0.2) is 0 Å². The lowest BCUT2D eigenvalue weighted by Gasteiger charge is -2.22. The smallest absolute Gasteiger partial charge is 0.173 e. The number of nitrogens with two attached hydrogens (primary N) is 2. The molecule has 0 bridgehead atoms. The molecule has 4 N–H and O–H groups in total. The second kappa shape index (κ2) is 17.4. The first kappa shape index (κ1) is 21.3. The standard InChI is InChI=1S/C9H22OP.2CH2N2/c1-5-11(6-2,7-3)9-8-10-4;2*2-1-3/h5-9H2,1-4H3;2*2H2/q+1;;. The third-order valence-corrected chi connectivity index (χ3v) is 7.94. The van der Waals surface area contributed by atoms with Crippen molar-refractivity contribution in [1.29, 1.82) is 10.5 Å². The van der Waals surface area contributed by atoms with Gasteiger partial charge in [-0.15, -0.1) is 0 Å². The van der Waals surface area contributed by atoms with Crippen LogP contribution in [0.4, 0.5) is 0 Å². The van der Waals surface area contributed by atoms with Crippen LogP contribution in [0.3, 0.4) is 0 Å². The van der Waals surface area contributed by atoms with Crippen LogP contribution in [0.2, 0.25) is 0 Å². The molecule has 5 nitrogen and oxygen atoms in total. The van der Waals surface area contributed by atoms with Crippen LogP contribution in [0.5, 0.6) is 0 Å². The molecule has 0 fully saturated rings. The molecule has 0 aromatic heterocycles. The van der Waals surface area contributed by atoms with E-state index in [1.54, 1.807) is 7.11 Å². The molecule has 0 rings (SSSR count). The highest BCUT2D eigenvalue weighted by Gasteiger charge is 2.29. The number of methoxy groups -OCH3 is 1. The number of nitrogens with zero attached hydrogens (tertiary/aromatic N) is 2. The first-order chi connectivity index (χ1) is 8.07. The summed E-state index contributed by atoms with van der Waals surface area (Å²) in [5.74, 6) is 0. The molecule has 0 aromatic carbocycles. The summed E-state index contributed by atoms with van der Waals surface area (Å²) in [7, 11) is 1.22. The van der Waals surface area contributed by atoms with E-state index in [0.29, 0.717) is 0 Å². The van der Waals surface area contributed by atoms with Crippen LogP contribution < -0.4 is 11.5 Å². The Morgan fingerprint density at radius 2 is 1.29 bits per heavy atom. The van der Waals surface area contributed by atoms with Gasteiger partial charge in [0, 0.05) is 14.4 Å². The molecule has 0 atom stereocenters. The van der Waals surface area contributed by atoms with Gasteiger partial charge < -0.3 is 16.2 Å². The highest BCUT2D eigenvalue weighted by Crippen LogP contribution is 2.57. The maximum atomic E-state index is 7.10. The normalized spacial score (nSPS) is 8.59. The highest BCUT2D eigenvalue weighted by molar-refractivity contribution is 7.75. The van der Waals surface area contributed by atoms with Gasteiger partial charge >= 0.3 is 0 Å². The van der Waals surface area contributed by atoms with Crippen molar-refractivity contribution in [3.8, 4) is 12.4 Å². The summed E-state index contributed by atoms with van der Waals surface area (Å²) < 4.78 is 5.13. The van der Waals surface area contributed by atoms with Crippen molar-refractivity contribution in [3.63, 3.8) is 0 Å². The summed E-state index contributed by atoms with van der Waals surface area (Å²) in [4.78, 5) is 0. The van der Waals surface area contributed by atoms with Gasteiger partial charge in [-0.1, -0.05) is 0 Å². The van der Waals surface area contributed by atoms with Gasteiger partial charge in [0.05, 0.1) is 31.3 Å². The summed E-state index contributed by atoms with van der Waals surface area (Å²) >= 11 is 0. The Morgan fingerprint density at radius 3 is 1.47 bits per heavy atom. The van der Waals surface area contributed by atoms with Crippen LogP contribution >= 0.6 is 7.26 Å². The maximum Gasteiger partial charge on any atom is 0.173 e. The Morgan fingerprint density at radius 1 is 1.00 bits per heavy atom.